The van der Waals surface area contributed by atoms with Crippen LogP contribution in [-0.2, 0) is 17.7 Å². The summed E-state index contributed by atoms with van der Waals surface area (Å²) in [5, 5.41) is 31.9. The molecule has 6 rings (SSSR count). The summed E-state index contributed by atoms with van der Waals surface area (Å²) in [6.45, 7) is 13.2. The van der Waals surface area contributed by atoms with Crippen molar-refractivity contribution in [2.45, 2.75) is 142 Å². The number of aryl methyl sites for hydroxylation is 2. The number of allylic oxidation sites excluding steroid dienone is 4. The second-order valence-corrected chi connectivity index (χ2v) is 17.0. The minimum absolute atomic E-state index is 0.133. The lowest BCUT2D eigenvalue weighted by molar-refractivity contribution is -0.757. The molecule has 0 saturated carbocycles. The molecule has 4 atom stereocenters. The van der Waals surface area contributed by atoms with Gasteiger partial charge in [-0.25, -0.2) is 0 Å². The van der Waals surface area contributed by atoms with Crippen LogP contribution in [0.3, 0.4) is 0 Å². The number of aromatic hydroxyl groups is 2. The second-order valence-electron chi connectivity index (χ2n) is 16.2. The molecule has 2 heterocycles. The highest BCUT2D eigenvalue weighted by Gasteiger charge is 2.46. The summed E-state index contributed by atoms with van der Waals surface area (Å²) in [5.74, 6) is 3.69. The molecule has 8 nitrogen and oxygen atoms in total. The van der Waals surface area contributed by atoms with E-state index in [1.165, 1.54) is 29.6 Å². The molecule has 2 aromatic rings. The molecule has 2 aliphatic carbocycles. The van der Waals surface area contributed by atoms with E-state index in [4.69, 9.17) is 9.47 Å². The number of rotatable bonds is 12. The molecule has 0 unspecified atom stereocenters. The number of halogens is 1. The molecule has 2 aromatic carbocycles. The van der Waals surface area contributed by atoms with Gasteiger partial charge in [0.1, 0.15) is 34.2 Å². The Balaban J connectivity index is 0.000000199. The number of unbranched alkanes of at least 4 members (excludes halogenated alkanes) is 4. The lowest BCUT2D eigenvalue weighted by Crippen LogP contribution is -2.45. The SMILES string of the molecule is CC1=C[C@H]2c3c(O)cc(CCCCCBr)cc3OC(C)(C)[C@@H]2CC1.CC1=C[C@H]2c3c(O)cc(CCCCCO[N+](=O)[O-])cc3OC(C)(C)[C@@H]2CC1. The Morgan fingerprint density at radius 3 is 1.65 bits per heavy atom. The normalized spacial score (nSPS) is 23.7. The van der Waals surface area contributed by atoms with Crippen molar-refractivity contribution < 1.29 is 29.6 Å². The third-order valence-electron chi connectivity index (χ3n) is 11.5. The maximum Gasteiger partial charge on any atom is 0.294 e. The number of phenols is 2. The van der Waals surface area contributed by atoms with Gasteiger partial charge in [0.05, 0.1) is 6.61 Å². The predicted molar refractivity (Wildman–Crippen MR) is 206 cm³/mol. The number of hydrogen-bond acceptors (Lipinski definition) is 7. The van der Waals surface area contributed by atoms with Gasteiger partial charge in [-0.1, -0.05) is 52.1 Å². The Morgan fingerprint density at radius 1 is 0.765 bits per heavy atom. The van der Waals surface area contributed by atoms with E-state index in [1.807, 2.05) is 12.1 Å². The molecular formula is C42H58BrNO7. The zero-order chi connectivity index (χ0) is 36.9. The highest BCUT2D eigenvalue weighted by Crippen LogP contribution is 2.55. The smallest absolute Gasteiger partial charge is 0.294 e. The number of hydrogen-bond donors (Lipinski definition) is 2. The Bertz CT molecular complexity index is 1610. The molecule has 0 bridgehead atoms. The summed E-state index contributed by atoms with van der Waals surface area (Å²) in [7, 11) is 0. The van der Waals surface area contributed by atoms with Crippen LogP contribution in [0.5, 0.6) is 23.0 Å². The van der Waals surface area contributed by atoms with Crippen LogP contribution in [0.25, 0.3) is 0 Å². The van der Waals surface area contributed by atoms with Crippen molar-refractivity contribution >= 4 is 15.9 Å². The van der Waals surface area contributed by atoms with Crippen LogP contribution in [0, 0.1) is 22.0 Å². The number of nitrogens with zero attached hydrogens (tertiary/aromatic N) is 1. The topological polar surface area (TPSA) is 111 Å². The summed E-state index contributed by atoms with van der Waals surface area (Å²) in [6, 6.07) is 8.03. The molecule has 0 saturated heterocycles. The Kier molecular flexibility index (Phi) is 12.7. The fraction of sp³-hybridized carbons (Fsp3) is 0.619. The molecule has 0 fully saturated rings. The van der Waals surface area contributed by atoms with Crippen LogP contribution in [0.1, 0.15) is 140 Å². The standard InChI is InChI=1S/C21H29BrO2.C21H29NO5/c1-14-8-9-17-16(11-14)20-18(23)12-15(7-5-4-6-10-22)13-19(20)24-21(17,2)3;1-14-8-9-17-16(11-14)20-18(23)12-15(13-19(20)27-21(17,2)3)7-5-4-6-10-26-22(24)25/h11-13,16-17,23H,4-10H2,1-3H3;11-13,16-17,23H,4-10H2,1-3H3/t2*16-,17-/m11/s1. The maximum atomic E-state index is 10.7. The second kappa shape index (κ2) is 16.6. The zero-order valence-corrected chi connectivity index (χ0v) is 33.0. The number of phenolic OH excluding ortho intramolecular Hbond substituents is 2. The third kappa shape index (κ3) is 9.43. The first kappa shape index (κ1) is 39.0. The molecule has 0 aromatic heterocycles. The van der Waals surface area contributed by atoms with Gasteiger partial charge in [0.25, 0.3) is 5.09 Å². The highest BCUT2D eigenvalue weighted by molar-refractivity contribution is 9.09. The summed E-state index contributed by atoms with van der Waals surface area (Å²) >= 11 is 3.48. The Hall–Kier alpha value is -3.20. The van der Waals surface area contributed by atoms with Gasteiger partial charge < -0.3 is 24.5 Å². The van der Waals surface area contributed by atoms with E-state index in [2.05, 4.69) is 86.6 Å². The summed E-state index contributed by atoms with van der Waals surface area (Å²) in [4.78, 5) is 14.5. The molecule has 2 N–H and O–H groups in total. The summed E-state index contributed by atoms with van der Waals surface area (Å²) in [6.07, 6.45) is 16.8. The van der Waals surface area contributed by atoms with E-state index in [0.717, 1.165) is 91.3 Å². The van der Waals surface area contributed by atoms with E-state index >= 15 is 0 Å². The van der Waals surface area contributed by atoms with Gasteiger partial charge in [0, 0.05) is 40.1 Å². The van der Waals surface area contributed by atoms with Gasteiger partial charge in [-0.3, -0.25) is 0 Å². The highest BCUT2D eigenvalue weighted by atomic mass is 79.9. The van der Waals surface area contributed by atoms with Crippen LogP contribution in [0.4, 0.5) is 0 Å². The monoisotopic (exact) mass is 767 g/mol. The maximum absolute atomic E-state index is 10.7. The number of ether oxygens (including phenoxy) is 2. The average molecular weight is 769 g/mol. The van der Waals surface area contributed by atoms with Crippen molar-refractivity contribution in [2.24, 2.45) is 11.8 Å². The quantitative estimate of drug-likeness (QED) is 0.0727. The minimum Gasteiger partial charge on any atom is -0.507 e. The Labute approximate surface area is 312 Å². The van der Waals surface area contributed by atoms with E-state index in [-0.39, 0.29) is 29.6 Å². The summed E-state index contributed by atoms with van der Waals surface area (Å²) in [5.41, 5.74) is 6.50. The van der Waals surface area contributed by atoms with Gasteiger partial charge >= 0.3 is 0 Å². The number of fused-ring (bicyclic) bond motifs is 6. The zero-order valence-electron chi connectivity index (χ0n) is 31.4. The van der Waals surface area contributed by atoms with Crippen molar-refractivity contribution in [1.29, 1.82) is 0 Å². The fourth-order valence-electron chi connectivity index (χ4n) is 8.79. The van der Waals surface area contributed by atoms with E-state index < -0.39 is 5.09 Å². The third-order valence-corrected chi connectivity index (χ3v) is 12.0. The molecule has 0 spiro atoms. The molecule has 0 radical (unpaired) electrons. The van der Waals surface area contributed by atoms with Crippen LogP contribution < -0.4 is 9.47 Å². The van der Waals surface area contributed by atoms with Gasteiger partial charge in [-0.2, -0.15) is 0 Å². The predicted octanol–water partition coefficient (Wildman–Crippen LogP) is 11.0. The van der Waals surface area contributed by atoms with Crippen LogP contribution >= 0.6 is 15.9 Å². The van der Waals surface area contributed by atoms with E-state index in [9.17, 15) is 20.3 Å². The van der Waals surface area contributed by atoms with E-state index in [0.29, 0.717) is 29.8 Å². The lowest BCUT2D eigenvalue weighted by Gasteiger charge is -2.46. The van der Waals surface area contributed by atoms with E-state index in [1.54, 1.807) is 0 Å². The molecule has 2 aliphatic heterocycles. The van der Waals surface area contributed by atoms with Crippen molar-refractivity contribution in [3.05, 3.63) is 79.9 Å². The first-order chi connectivity index (χ1) is 24.2. The molecule has 4 aliphatic rings. The Morgan fingerprint density at radius 2 is 1.22 bits per heavy atom. The van der Waals surface area contributed by atoms with Crippen LogP contribution in [0.2, 0.25) is 0 Å². The van der Waals surface area contributed by atoms with Gasteiger partial charge in [-0.05, 0) is 141 Å². The average Bonchev–Trinajstić information content (AvgIpc) is 3.03. The number of alkyl halides is 1. The molecular weight excluding hydrogens is 710 g/mol. The molecule has 0 amide bonds. The largest absolute Gasteiger partial charge is 0.507 e. The first-order valence-electron chi connectivity index (χ1n) is 19.0. The van der Waals surface area contributed by atoms with Crippen molar-refractivity contribution in [3.8, 4) is 23.0 Å². The lowest BCUT2D eigenvalue weighted by atomic mass is 9.68. The summed E-state index contributed by atoms with van der Waals surface area (Å²) < 4.78 is 12.7. The van der Waals surface area contributed by atoms with Crippen molar-refractivity contribution in [2.75, 3.05) is 11.9 Å². The minimum atomic E-state index is -0.755. The van der Waals surface area contributed by atoms with Crippen LogP contribution in [0.15, 0.2) is 47.6 Å². The molecule has 280 valence electrons. The van der Waals surface area contributed by atoms with Gasteiger partial charge in [0.15, 0.2) is 0 Å². The molecule has 51 heavy (non-hydrogen) atoms. The first-order valence-corrected chi connectivity index (χ1v) is 20.1. The molecule has 9 heteroatoms. The van der Waals surface area contributed by atoms with Gasteiger partial charge in [-0.15, -0.1) is 10.1 Å². The fourth-order valence-corrected chi connectivity index (χ4v) is 9.19. The van der Waals surface area contributed by atoms with Crippen molar-refractivity contribution in [1.82, 2.24) is 0 Å². The van der Waals surface area contributed by atoms with Gasteiger partial charge in [0.2, 0.25) is 0 Å². The van der Waals surface area contributed by atoms with Crippen molar-refractivity contribution in [3.63, 3.8) is 0 Å². The number of benzene rings is 2. The van der Waals surface area contributed by atoms with Crippen LogP contribution in [-0.4, -0.2) is 38.4 Å².